The molecule has 154 valence electrons. The Balaban J connectivity index is 1.70. The zero-order valence-electron chi connectivity index (χ0n) is 17.2. The van der Waals surface area contributed by atoms with Crippen molar-refractivity contribution in [1.29, 1.82) is 0 Å². The summed E-state index contributed by atoms with van der Waals surface area (Å²) in [6.45, 7) is 4.01. The van der Waals surface area contributed by atoms with E-state index in [0.29, 0.717) is 13.0 Å². The fraction of sp³-hybridized carbons (Fsp3) is 0.280. The van der Waals surface area contributed by atoms with Crippen molar-refractivity contribution >= 4 is 11.7 Å². The normalized spacial score (nSPS) is 19.2. The number of hydrogen-bond donors (Lipinski definition) is 1. The number of piperazine rings is 1. The van der Waals surface area contributed by atoms with Crippen molar-refractivity contribution < 1.29 is 9.90 Å². The number of aromatic nitrogens is 1. The molecule has 1 aliphatic rings. The van der Waals surface area contributed by atoms with Crippen molar-refractivity contribution in [2.24, 2.45) is 0 Å². The van der Waals surface area contributed by atoms with Crippen molar-refractivity contribution in [3.05, 3.63) is 96.3 Å². The number of carbonyl (C=O) groups is 1. The highest BCUT2D eigenvalue weighted by Gasteiger charge is 2.46. The quantitative estimate of drug-likeness (QED) is 0.681. The summed E-state index contributed by atoms with van der Waals surface area (Å²) in [6.07, 6.45) is 2.49. The van der Waals surface area contributed by atoms with Crippen LogP contribution in [0.2, 0.25) is 0 Å². The number of nitrogens with zero attached hydrogens (tertiary/aromatic N) is 3. The fourth-order valence-corrected chi connectivity index (χ4v) is 4.43. The predicted octanol–water partition coefficient (Wildman–Crippen LogP) is 3.81. The molecule has 0 aliphatic carbocycles. The Bertz CT molecular complexity index is 965. The first kappa shape index (κ1) is 20.1. The monoisotopic (exact) mass is 401 g/mol. The molecular formula is C25H27N3O2. The Labute approximate surface area is 177 Å². The summed E-state index contributed by atoms with van der Waals surface area (Å²) in [5.74, 6) is -0.826. The lowest BCUT2D eigenvalue weighted by Crippen LogP contribution is -2.63. The van der Waals surface area contributed by atoms with Gasteiger partial charge in [0, 0.05) is 49.7 Å². The van der Waals surface area contributed by atoms with E-state index in [4.69, 9.17) is 0 Å². The molecule has 2 atom stereocenters. The number of aliphatic carboxylic acids is 1. The molecule has 0 bridgehead atoms. The van der Waals surface area contributed by atoms with Crippen LogP contribution in [0.1, 0.15) is 18.2 Å². The minimum Gasteiger partial charge on any atom is -0.480 e. The lowest BCUT2D eigenvalue weighted by molar-refractivity contribution is -0.153. The third kappa shape index (κ3) is 3.94. The second-order valence-corrected chi connectivity index (χ2v) is 7.90. The minimum atomic E-state index is -1.11. The second-order valence-electron chi connectivity index (χ2n) is 7.90. The molecule has 1 N–H and O–H groups in total. The van der Waals surface area contributed by atoms with E-state index in [-0.39, 0.29) is 6.04 Å². The molecule has 0 saturated carbocycles. The maximum Gasteiger partial charge on any atom is 0.328 e. The number of para-hydroxylation sites is 1. The van der Waals surface area contributed by atoms with Gasteiger partial charge in [0.25, 0.3) is 0 Å². The maximum absolute atomic E-state index is 12.6. The Morgan fingerprint density at radius 1 is 1.00 bits per heavy atom. The molecule has 30 heavy (non-hydrogen) atoms. The van der Waals surface area contributed by atoms with Crippen LogP contribution in [0.25, 0.3) is 0 Å². The first-order valence-corrected chi connectivity index (χ1v) is 10.3. The zero-order valence-corrected chi connectivity index (χ0v) is 17.2. The van der Waals surface area contributed by atoms with Gasteiger partial charge in [0.1, 0.15) is 5.54 Å². The standard InChI is InChI=1S/C25H27N3O2/c1-25(24(29)30,20-10-4-2-5-11-20)28-17-16-27(22-13-6-3-7-14-22)19-23(28)18-21-12-8-9-15-26-21/h2-15,23H,16-19H2,1H3,(H,29,30). The van der Waals surface area contributed by atoms with Crippen molar-refractivity contribution in [2.45, 2.75) is 24.9 Å². The summed E-state index contributed by atoms with van der Waals surface area (Å²) in [5.41, 5.74) is 1.84. The van der Waals surface area contributed by atoms with Crippen molar-refractivity contribution in [1.82, 2.24) is 9.88 Å². The van der Waals surface area contributed by atoms with E-state index >= 15 is 0 Å². The van der Waals surface area contributed by atoms with Gasteiger partial charge in [-0.05, 0) is 36.8 Å². The Hall–Kier alpha value is -3.18. The summed E-state index contributed by atoms with van der Waals surface area (Å²) in [5, 5.41) is 10.3. The molecule has 1 aromatic heterocycles. The molecule has 3 aromatic rings. The lowest BCUT2D eigenvalue weighted by atomic mass is 9.86. The van der Waals surface area contributed by atoms with E-state index in [1.807, 2.05) is 73.7 Å². The highest BCUT2D eigenvalue weighted by molar-refractivity contribution is 5.80. The summed E-state index contributed by atoms with van der Waals surface area (Å²) in [7, 11) is 0. The number of hydrogen-bond acceptors (Lipinski definition) is 4. The SMILES string of the molecule is CC(C(=O)O)(c1ccccc1)N1CCN(c2ccccc2)CC1Cc1ccccn1. The molecule has 2 aromatic carbocycles. The van der Waals surface area contributed by atoms with Crippen LogP contribution < -0.4 is 4.90 Å². The van der Waals surface area contributed by atoms with Gasteiger partial charge < -0.3 is 10.0 Å². The summed E-state index contributed by atoms with van der Waals surface area (Å²) in [6, 6.07) is 25.8. The molecular weight excluding hydrogens is 374 g/mol. The van der Waals surface area contributed by atoms with Crippen LogP contribution in [0, 0.1) is 0 Å². The van der Waals surface area contributed by atoms with Gasteiger partial charge in [0.15, 0.2) is 0 Å². The molecule has 5 nitrogen and oxygen atoms in total. The molecule has 2 heterocycles. The summed E-state index contributed by atoms with van der Waals surface area (Å²) < 4.78 is 0. The maximum atomic E-state index is 12.6. The topological polar surface area (TPSA) is 56.7 Å². The molecule has 1 saturated heterocycles. The molecule has 4 rings (SSSR count). The largest absolute Gasteiger partial charge is 0.480 e. The molecule has 1 aliphatic heterocycles. The van der Waals surface area contributed by atoms with E-state index in [1.165, 1.54) is 5.69 Å². The number of anilines is 1. The third-order valence-electron chi connectivity index (χ3n) is 6.10. The average molecular weight is 402 g/mol. The number of carboxylic acid groups (broad SMARTS) is 1. The lowest BCUT2D eigenvalue weighted by Gasteiger charge is -2.49. The highest BCUT2D eigenvalue weighted by atomic mass is 16.4. The molecule has 0 radical (unpaired) electrons. The van der Waals surface area contributed by atoms with Crippen molar-refractivity contribution in [3.8, 4) is 0 Å². The Morgan fingerprint density at radius 2 is 1.67 bits per heavy atom. The Morgan fingerprint density at radius 3 is 2.30 bits per heavy atom. The van der Waals surface area contributed by atoms with Gasteiger partial charge in [-0.15, -0.1) is 0 Å². The average Bonchev–Trinajstić information content (AvgIpc) is 2.80. The molecule has 2 unspecified atom stereocenters. The van der Waals surface area contributed by atoms with E-state index < -0.39 is 11.5 Å². The molecule has 0 spiro atoms. The summed E-state index contributed by atoms with van der Waals surface area (Å²) >= 11 is 0. The van der Waals surface area contributed by atoms with Crippen molar-refractivity contribution in [3.63, 3.8) is 0 Å². The first-order valence-electron chi connectivity index (χ1n) is 10.3. The zero-order chi connectivity index (χ0) is 21.0. The van der Waals surface area contributed by atoms with Gasteiger partial charge >= 0.3 is 5.97 Å². The highest BCUT2D eigenvalue weighted by Crippen LogP contribution is 2.34. The first-order chi connectivity index (χ1) is 14.6. The van der Waals surface area contributed by atoms with Crippen LogP contribution in [0.5, 0.6) is 0 Å². The van der Waals surface area contributed by atoms with Gasteiger partial charge in [-0.3, -0.25) is 9.88 Å². The Kier molecular flexibility index (Phi) is 5.81. The van der Waals surface area contributed by atoms with E-state index in [9.17, 15) is 9.90 Å². The second kappa shape index (κ2) is 8.67. The number of benzene rings is 2. The van der Waals surface area contributed by atoms with Crippen molar-refractivity contribution in [2.75, 3.05) is 24.5 Å². The van der Waals surface area contributed by atoms with Crippen LogP contribution >= 0.6 is 0 Å². The third-order valence-corrected chi connectivity index (χ3v) is 6.10. The van der Waals surface area contributed by atoms with Gasteiger partial charge in [0.05, 0.1) is 0 Å². The van der Waals surface area contributed by atoms with Gasteiger partial charge in [-0.2, -0.15) is 0 Å². The number of carboxylic acids is 1. The van der Waals surface area contributed by atoms with E-state index in [1.54, 1.807) is 6.20 Å². The fourth-order valence-electron chi connectivity index (χ4n) is 4.43. The molecule has 5 heteroatoms. The van der Waals surface area contributed by atoms with Gasteiger partial charge in [-0.25, -0.2) is 4.79 Å². The van der Waals surface area contributed by atoms with E-state index in [0.717, 1.165) is 24.3 Å². The molecule has 0 amide bonds. The summed E-state index contributed by atoms with van der Waals surface area (Å²) in [4.78, 5) is 21.6. The smallest absolute Gasteiger partial charge is 0.328 e. The van der Waals surface area contributed by atoms with Crippen LogP contribution in [0.3, 0.4) is 0 Å². The van der Waals surface area contributed by atoms with Gasteiger partial charge in [-0.1, -0.05) is 54.6 Å². The van der Waals surface area contributed by atoms with Crippen LogP contribution in [0.4, 0.5) is 5.69 Å². The van der Waals surface area contributed by atoms with Crippen LogP contribution in [-0.2, 0) is 16.8 Å². The predicted molar refractivity (Wildman–Crippen MR) is 119 cm³/mol. The van der Waals surface area contributed by atoms with Crippen LogP contribution in [-0.4, -0.2) is 46.6 Å². The number of pyridine rings is 1. The minimum absolute atomic E-state index is 0.00941. The van der Waals surface area contributed by atoms with E-state index in [2.05, 4.69) is 26.9 Å². The number of rotatable bonds is 6. The molecule has 1 fully saturated rings. The van der Waals surface area contributed by atoms with Gasteiger partial charge in [0.2, 0.25) is 0 Å². The van der Waals surface area contributed by atoms with Crippen LogP contribution in [0.15, 0.2) is 85.1 Å².